The quantitative estimate of drug-likeness (QED) is 0.776. The second-order valence-electron chi connectivity index (χ2n) is 3.88. The second kappa shape index (κ2) is 6.31. The Balaban J connectivity index is 1.91. The van der Waals surface area contributed by atoms with Gasteiger partial charge in [0.15, 0.2) is 0 Å². The summed E-state index contributed by atoms with van der Waals surface area (Å²) in [6.45, 7) is 6.71. The molecular weight excluding hydrogens is 242 g/mol. The summed E-state index contributed by atoms with van der Waals surface area (Å²) in [5.74, 6) is 1.90. The van der Waals surface area contributed by atoms with Crippen molar-refractivity contribution in [2.45, 2.75) is 17.7 Å². The van der Waals surface area contributed by atoms with E-state index < -0.39 is 0 Å². The van der Waals surface area contributed by atoms with Gasteiger partial charge in [0.25, 0.3) is 0 Å². The number of nitrogens with zero attached hydrogens (tertiary/aromatic N) is 1. The molecule has 0 bridgehead atoms. The summed E-state index contributed by atoms with van der Waals surface area (Å²) in [6, 6.07) is 10.4. The van der Waals surface area contributed by atoms with Crippen LogP contribution in [0.3, 0.4) is 0 Å². The maximum atomic E-state index is 4.24. The Kier molecular flexibility index (Phi) is 4.47. The van der Waals surface area contributed by atoms with E-state index in [4.69, 9.17) is 0 Å². The highest BCUT2D eigenvalue weighted by molar-refractivity contribution is 7.98. The van der Waals surface area contributed by atoms with E-state index in [1.54, 1.807) is 11.8 Å². The molecule has 0 saturated carbocycles. The molecule has 1 aromatic carbocycles. The zero-order valence-corrected chi connectivity index (χ0v) is 11.3. The van der Waals surface area contributed by atoms with Crippen molar-refractivity contribution in [3.8, 4) is 0 Å². The van der Waals surface area contributed by atoms with E-state index in [2.05, 4.69) is 53.3 Å². The predicted octanol–water partition coefficient (Wildman–Crippen LogP) is 3.78. The molecule has 4 heteroatoms. The van der Waals surface area contributed by atoms with Gasteiger partial charge >= 0.3 is 0 Å². The van der Waals surface area contributed by atoms with Gasteiger partial charge in [0.05, 0.1) is 0 Å². The first-order valence-electron chi connectivity index (χ1n) is 5.95. The van der Waals surface area contributed by atoms with Gasteiger partial charge in [-0.2, -0.15) is 5.10 Å². The Morgan fingerprint density at radius 2 is 2.17 bits per heavy atom. The van der Waals surface area contributed by atoms with Crippen LogP contribution in [0.1, 0.15) is 18.1 Å². The third kappa shape index (κ3) is 3.40. The molecule has 0 fully saturated rings. The van der Waals surface area contributed by atoms with E-state index >= 15 is 0 Å². The van der Waals surface area contributed by atoms with E-state index in [9.17, 15) is 0 Å². The van der Waals surface area contributed by atoms with Crippen LogP contribution in [0, 0.1) is 0 Å². The molecule has 3 nitrogen and oxygen atoms in total. The number of aromatic nitrogens is 2. The van der Waals surface area contributed by atoms with Crippen molar-refractivity contribution in [1.82, 2.24) is 10.2 Å². The predicted molar refractivity (Wildman–Crippen MR) is 78.8 cm³/mol. The number of benzene rings is 1. The summed E-state index contributed by atoms with van der Waals surface area (Å²) < 4.78 is 0. The zero-order valence-electron chi connectivity index (χ0n) is 10.4. The standard InChI is InChI=1S/C14H17N3S/c1-3-11-5-7-12(8-6-11)10-18-14-9-13(15-4-2)16-17-14/h3,5-9H,1,4,10H2,2H3,(H2,15,16,17). The normalized spacial score (nSPS) is 10.3. The van der Waals surface area contributed by atoms with Gasteiger partial charge < -0.3 is 5.32 Å². The molecule has 0 unspecified atom stereocenters. The zero-order chi connectivity index (χ0) is 12.8. The third-order valence-corrected chi connectivity index (χ3v) is 3.51. The van der Waals surface area contributed by atoms with Gasteiger partial charge in [-0.15, -0.1) is 0 Å². The molecule has 0 aliphatic heterocycles. The molecule has 0 radical (unpaired) electrons. The van der Waals surface area contributed by atoms with Crippen molar-refractivity contribution in [2.75, 3.05) is 11.9 Å². The monoisotopic (exact) mass is 259 g/mol. The molecule has 0 spiro atoms. The largest absolute Gasteiger partial charge is 0.371 e. The van der Waals surface area contributed by atoms with Crippen LogP contribution in [0.4, 0.5) is 5.82 Å². The van der Waals surface area contributed by atoms with Gasteiger partial charge in [0, 0.05) is 18.4 Å². The van der Waals surface area contributed by atoms with E-state index in [1.165, 1.54) is 5.56 Å². The van der Waals surface area contributed by atoms with Crippen LogP contribution < -0.4 is 5.32 Å². The fourth-order valence-electron chi connectivity index (χ4n) is 1.57. The second-order valence-corrected chi connectivity index (χ2v) is 4.88. The highest BCUT2D eigenvalue weighted by Crippen LogP contribution is 2.23. The van der Waals surface area contributed by atoms with Crippen molar-refractivity contribution in [1.29, 1.82) is 0 Å². The van der Waals surface area contributed by atoms with Crippen molar-refractivity contribution in [2.24, 2.45) is 0 Å². The minimum absolute atomic E-state index is 0.898. The lowest BCUT2D eigenvalue weighted by molar-refractivity contribution is 0.996. The summed E-state index contributed by atoms with van der Waals surface area (Å²) >= 11 is 1.73. The topological polar surface area (TPSA) is 40.7 Å². The highest BCUT2D eigenvalue weighted by Gasteiger charge is 2.01. The minimum Gasteiger partial charge on any atom is -0.371 e. The molecule has 0 amide bonds. The smallest absolute Gasteiger partial charge is 0.122 e. The maximum Gasteiger partial charge on any atom is 0.122 e. The average molecular weight is 259 g/mol. The molecule has 1 aromatic heterocycles. The van der Waals surface area contributed by atoms with E-state index in [-0.39, 0.29) is 0 Å². The Morgan fingerprint density at radius 1 is 1.39 bits per heavy atom. The molecule has 0 aliphatic carbocycles. The van der Waals surface area contributed by atoms with Gasteiger partial charge in [-0.3, -0.25) is 5.10 Å². The molecule has 0 atom stereocenters. The Bertz CT molecular complexity index is 502. The van der Waals surface area contributed by atoms with Gasteiger partial charge in [0.1, 0.15) is 10.8 Å². The molecule has 0 saturated heterocycles. The van der Waals surface area contributed by atoms with Crippen LogP contribution in [0.2, 0.25) is 0 Å². The number of hydrogen-bond acceptors (Lipinski definition) is 3. The lowest BCUT2D eigenvalue weighted by Gasteiger charge is -2.00. The number of aromatic amines is 1. The Morgan fingerprint density at radius 3 is 2.83 bits per heavy atom. The fourth-order valence-corrected chi connectivity index (χ4v) is 2.38. The van der Waals surface area contributed by atoms with Gasteiger partial charge in [0.2, 0.25) is 0 Å². The Hall–Kier alpha value is -1.68. The highest BCUT2D eigenvalue weighted by atomic mass is 32.2. The van der Waals surface area contributed by atoms with Crippen molar-refractivity contribution in [3.63, 3.8) is 0 Å². The van der Waals surface area contributed by atoms with E-state index in [0.29, 0.717) is 0 Å². The number of hydrogen-bond donors (Lipinski definition) is 2. The summed E-state index contributed by atoms with van der Waals surface area (Å²) in [6.07, 6.45) is 1.85. The molecule has 94 valence electrons. The van der Waals surface area contributed by atoms with Crippen LogP contribution in [0.15, 0.2) is 41.9 Å². The average Bonchev–Trinajstić information content (AvgIpc) is 2.85. The van der Waals surface area contributed by atoms with Gasteiger partial charge in [-0.05, 0) is 18.1 Å². The maximum absolute atomic E-state index is 4.24. The van der Waals surface area contributed by atoms with E-state index in [0.717, 1.165) is 28.7 Å². The van der Waals surface area contributed by atoms with Gasteiger partial charge in [-0.25, -0.2) is 0 Å². The lowest BCUT2D eigenvalue weighted by atomic mass is 10.1. The number of H-pyrrole nitrogens is 1. The first-order chi connectivity index (χ1) is 8.81. The van der Waals surface area contributed by atoms with Crippen LogP contribution in [-0.4, -0.2) is 16.7 Å². The molecule has 1 heterocycles. The first kappa shape index (κ1) is 12.8. The molecular formula is C14H17N3S. The van der Waals surface area contributed by atoms with Crippen molar-refractivity contribution < 1.29 is 0 Å². The van der Waals surface area contributed by atoms with Crippen LogP contribution >= 0.6 is 11.8 Å². The minimum atomic E-state index is 0.898. The molecule has 2 aromatic rings. The number of anilines is 1. The van der Waals surface area contributed by atoms with Crippen molar-refractivity contribution >= 4 is 23.7 Å². The molecule has 0 aliphatic rings. The van der Waals surface area contributed by atoms with Gasteiger partial charge in [-0.1, -0.05) is 48.7 Å². The van der Waals surface area contributed by atoms with Crippen LogP contribution in [-0.2, 0) is 5.75 Å². The molecule has 2 rings (SSSR count). The summed E-state index contributed by atoms with van der Waals surface area (Å²) in [5, 5.41) is 11.4. The lowest BCUT2D eigenvalue weighted by Crippen LogP contribution is -1.95. The SMILES string of the molecule is C=Cc1ccc(CSc2cc(NCC)[nH]n2)cc1. The van der Waals surface area contributed by atoms with E-state index in [1.807, 2.05) is 12.1 Å². The summed E-state index contributed by atoms with van der Waals surface area (Å²) in [4.78, 5) is 0. The number of rotatable bonds is 6. The summed E-state index contributed by atoms with van der Waals surface area (Å²) in [7, 11) is 0. The first-order valence-corrected chi connectivity index (χ1v) is 6.94. The number of nitrogens with one attached hydrogen (secondary N) is 2. The summed E-state index contributed by atoms with van der Waals surface area (Å²) in [5.41, 5.74) is 2.44. The Labute approximate surface area is 112 Å². The fraction of sp³-hybridized carbons (Fsp3) is 0.214. The van der Waals surface area contributed by atoms with Crippen LogP contribution in [0.25, 0.3) is 6.08 Å². The van der Waals surface area contributed by atoms with Crippen LogP contribution in [0.5, 0.6) is 0 Å². The molecule has 18 heavy (non-hydrogen) atoms. The number of thioether (sulfide) groups is 1. The third-order valence-electron chi connectivity index (χ3n) is 2.52. The molecule has 2 N–H and O–H groups in total. The van der Waals surface area contributed by atoms with Crippen molar-refractivity contribution in [3.05, 3.63) is 48.0 Å².